The molecule has 0 N–H and O–H groups in total. The van der Waals surface area contributed by atoms with E-state index in [2.05, 4.69) is 18.8 Å². The molecular weight excluding hydrogens is 258 g/mol. The van der Waals surface area contributed by atoms with Gasteiger partial charge in [-0.05, 0) is 62.6 Å². The summed E-state index contributed by atoms with van der Waals surface area (Å²) in [5, 5.41) is 0. The summed E-state index contributed by atoms with van der Waals surface area (Å²) < 4.78 is 5.90. The summed E-state index contributed by atoms with van der Waals surface area (Å²) in [7, 11) is 0. The lowest BCUT2D eigenvalue weighted by molar-refractivity contribution is 0.456. The Kier molecular flexibility index (Phi) is 4.11. The number of nitrogens with zero attached hydrogens (tertiary/aromatic N) is 1. The van der Waals surface area contributed by atoms with E-state index in [0.29, 0.717) is 11.8 Å². The van der Waals surface area contributed by atoms with E-state index in [0.717, 1.165) is 22.6 Å². The molecule has 0 saturated carbocycles. The summed E-state index contributed by atoms with van der Waals surface area (Å²) in [5.74, 6) is 1.81. The van der Waals surface area contributed by atoms with Crippen LogP contribution in [0.2, 0.25) is 0 Å². The average molecular weight is 276 g/mol. The molecule has 19 heavy (non-hydrogen) atoms. The topological polar surface area (TPSA) is 22.1 Å². The van der Waals surface area contributed by atoms with Crippen LogP contribution in [0.25, 0.3) is 0 Å². The van der Waals surface area contributed by atoms with Gasteiger partial charge in [0.05, 0.1) is 5.88 Å². The van der Waals surface area contributed by atoms with Crippen LogP contribution < -0.4 is 4.74 Å². The first-order valence-electron chi connectivity index (χ1n) is 6.29. The van der Waals surface area contributed by atoms with Gasteiger partial charge in [-0.2, -0.15) is 0 Å². The molecule has 0 spiro atoms. The van der Waals surface area contributed by atoms with Crippen LogP contribution in [0.15, 0.2) is 24.3 Å². The first-order valence-corrected chi connectivity index (χ1v) is 6.83. The van der Waals surface area contributed by atoms with Crippen molar-refractivity contribution in [2.24, 2.45) is 0 Å². The van der Waals surface area contributed by atoms with Crippen LogP contribution in [0.1, 0.15) is 27.9 Å². The molecule has 0 aliphatic carbocycles. The molecule has 0 saturated heterocycles. The first-order chi connectivity index (χ1) is 9.01. The molecule has 1 aromatic heterocycles. The molecular formula is C16H18ClNO. The highest BCUT2D eigenvalue weighted by Gasteiger charge is 2.10. The van der Waals surface area contributed by atoms with E-state index in [4.69, 9.17) is 16.3 Å². The fourth-order valence-corrected chi connectivity index (χ4v) is 2.29. The molecule has 1 aromatic carbocycles. The van der Waals surface area contributed by atoms with Gasteiger partial charge in [-0.15, -0.1) is 11.6 Å². The minimum Gasteiger partial charge on any atom is -0.439 e. The van der Waals surface area contributed by atoms with Crippen molar-refractivity contribution in [2.75, 3.05) is 0 Å². The van der Waals surface area contributed by atoms with Crippen molar-refractivity contribution in [3.63, 3.8) is 0 Å². The molecule has 0 aliphatic heterocycles. The van der Waals surface area contributed by atoms with Crippen molar-refractivity contribution in [3.05, 3.63) is 52.2 Å². The van der Waals surface area contributed by atoms with Gasteiger partial charge in [-0.3, -0.25) is 0 Å². The fourth-order valence-electron chi connectivity index (χ4n) is 1.97. The minimum absolute atomic E-state index is 0.402. The molecule has 0 amide bonds. The number of rotatable bonds is 3. The Balaban J connectivity index is 2.39. The second-order valence-corrected chi connectivity index (χ2v) is 5.11. The Morgan fingerprint density at radius 3 is 2.37 bits per heavy atom. The maximum absolute atomic E-state index is 5.99. The molecule has 100 valence electrons. The van der Waals surface area contributed by atoms with Gasteiger partial charge in [0.2, 0.25) is 5.88 Å². The normalized spacial score (nSPS) is 10.6. The number of benzene rings is 1. The van der Waals surface area contributed by atoms with E-state index in [1.165, 1.54) is 11.1 Å². The zero-order valence-corrected chi connectivity index (χ0v) is 12.5. The SMILES string of the molecule is Cc1cc(C)c(CCl)c(Oc2ccc(C)c(C)c2)n1. The number of hydrogen-bond donors (Lipinski definition) is 0. The van der Waals surface area contributed by atoms with Gasteiger partial charge in [-0.25, -0.2) is 4.98 Å². The summed E-state index contributed by atoms with van der Waals surface area (Å²) in [4.78, 5) is 4.45. The summed E-state index contributed by atoms with van der Waals surface area (Å²) in [6.45, 7) is 8.13. The smallest absolute Gasteiger partial charge is 0.224 e. The highest BCUT2D eigenvalue weighted by molar-refractivity contribution is 6.17. The van der Waals surface area contributed by atoms with Crippen LogP contribution in [-0.2, 0) is 5.88 Å². The van der Waals surface area contributed by atoms with Crippen molar-refractivity contribution >= 4 is 11.6 Å². The van der Waals surface area contributed by atoms with Crippen LogP contribution >= 0.6 is 11.6 Å². The fraction of sp³-hybridized carbons (Fsp3) is 0.312. The molecule has 2 nitrogen and oxygen atoms in total. The average Bonchev–Trinajstić information content (AvgIpc) is 2.33. The van der Waals surface area contributed by atoms with Crippen molar-refractivity contribution in [1.82, 2.24) is 4.98 Å². The van der Waals surface area contributed by atoms with Gasteiger partial charge >= 0.3 is 0 Å². The maximum Gasteiger partial charge on any atom is 0.224 e. The van der Waals surface area contributed by atoms with E-state index >= 15 is 0 Å². The molecule has 3 heteroatoms. The van der Waals surface area contributed by atoms with Crippen LogP contribution in [0.5, 0.6) is 11.6 Å². The molecule has 0 radical (unpaired) electrons. The quantitative estimate of drug-likeness (QED) is 0.747. The predicted molar refractivity (Wildman–Crippen MR) is 79.3 cm³/mol. The second-order valence-electron chi connectivity index (χ2n) is 4.85. The number of ether oxygens (including phenoxy) is 1. The molecule has 0 aliphatic rings. The molecule has 0 fully saturated rings. The Morgan fingerprint density at radius 1 is 1.00 bits per heavy atom. The van der Waals surface area contributed by atoms with Crippen LogP contribution in [0, 0.1) is 27.7 Å². The van der Waals surface area contributed by atoms with Crippen molar-refractivity contribution in [3.8, 4) is 11.6 Å². The van der Waals surface area contributed by atoms with E-state index in [9.17, 15) is 0 Å². The number of pyridine rings is 1. The molecule has 0 bridgehead atoms. The molecule has 2 aromatic rings. The molecule has 0 unspecified atom stereocenters. The summed E-state index contributed by atoms with van der Waals surface area (Å²) in [5.41, 5.74) is 5.45. The highest BCUT2D eigenvalue weighted by atomic mass is 35.5. The number of alkyl halides is 1. The molecule has 2 rings (SSSR count). The Labute approximate surface area is 119 Å². The van der Waals surface area contributed by atoms with E-state index in [1.54, 1.807) is 0 Å². The van der Waals surface area contributed by atoms with Gasteiger partial charge < -0.3 is 4.74 Å². The lowest BCUT2D eigenvalue weighted by atomic mass is 10.1. The Morgan fingerprint density at radius 2 is 1.74 bits per heavy atom. The second kappa shape index (κ2) is 5.62. The molecule has 0 atom stereocenters. The number of hydrogen-bond acceptors (Lipinski definition) is 2. The monoisotopic (exact) mass is 275 g/mol. The van der Waals surface area contributed by atoms with Crippen LogP contribution in [-0.4, -0.2) is 4.98 Å². The highest BCUT2D eigenvalue weighted by Crippen LogP contribution is 2.28. The number of halogens is 1. The predicted octanol–water partition coefficient (Wildman–Crippen LogP) is 4.85. The number of aromatic nitrogens is 1. The summed E-state index contributed by atoms with van der Waals surface area (Å²) in [6, 6.07) is 8.05. The maximum atomic E-state index is 5.99. The largest absolute Gasteiger partial charge is 0.439 e. The summed E-state index contributed by atoms with van der Waals surface area (Å²) in [6.07, 6.45) is 0. The first kappa shape index (κ1) is 13.9. The van der Waals surface area contributed by atoms with Gasteiger partial charge in [0.25, 0.3) is 0 Å². The minimum atomic E-state index is 0.402. The van der Waals surface area contributed by atoms with Crippen molar-refractivity contribution in [2.45, 2.75) is 33.6 Å². The van der Waals surface area contributed by atoms with Crippen molar-refractivity contribution < 1.29 is 4.74 Å². The third kappa shape index (κ3) is 3.07. The zero-order chi connectivity index (χ0) is 14.0. The summed E-state index contributed by atoms with van der Waals surface area (Å²) >= 11 is 5.99. The lowest BCUT2D eigenvalue weighted by Gasteiger charge is -2.12. The third-order valence-corrected chi connectivity index (χ3v) is 3.53. The van der Waals surface area contributed by atoms with Crippen LogP contribution in [0.4, 0.5) is 0 Å². The standard InChI is InChI=1S/C16H18ClNO/c1-10-5-6-14(8-11(10)2)19-16-15(9-17)12(3)7-13(4)18-16/h5-8H,9H2,1-4H3. The Bertz CT molecular complexity index is 608. The van der Waals surface area contributed by atoms with Gasteiger partial charge in [0, 0.05) is 11.3 Å². The van der Waals surface area contributed by atoms with E-state index < -0.39 is 0 Å². The van der Waals surface area contributed by atoms with E-state index in [-0.39, 0.29) is 0 Å². The van der Waals surface area contributed by atoms with Gasteiger partial charge in [0.1, 0.15) is 5.75 Å². The van der Waals surface area contributed by atoms with E-state index in [1.807, 2.05) is 38.1 Å². The Hall–Kier alpha value is -1.54. The van der Waals surface area contributed by atoms with Gasteiger partial charge in [-0.1, -0.05) is 6.07 Å². The lowest BCUT2D eigenvalue weighted by Crippen LogP contribution is -1.98. The van der Waals surface area contributed by atoms with Crippen LogP contribution in [0.3, 0.4) is 0 Å². The third-order valence-electron chi connectivity index (χ3n) is 3.26. The number of aryl methyl sites for hydroxylation is 4. The van der Waals surface area contributed by atoms with Crippen molar-refractivity contribution in [1.29, 1.82) is 0 Å². The molecule has 1 heterocycles. The van der Waals surface area contributed by atoms with Gasteiger partial charge in [0.15, 0.2) is 0 Å². The zero-order valence-electron chi connectivity index (χ0n) is 11.7.